The highest BCUT2D eigenvalue weighted by Gasteiger charge is 2.48. The molecule has 2 aliphatic rings. The van der Waals surface area contributed by atoms with Crippen molar-refractivity contribution in [1.29, 1.82) is 0 Å². The van der Waals surface area contributed by atoms with Crippen LogP contribution in [-0.2, 0) is 11.3 Å². The fourth-order valence-corrected chi connectivity index (χ4v) is 4.13. The zero-order valence-electron chi connectivity index (χ0n) is 14.5. The number of rotatable bonds is 5. The van der Waals surface area contributed by atoms with E-state index in [1.807, 2.05) is 0 Å². The molecule has 0 aromatic heterocycles. The number of fused-ring (bicyclic) bond motifs is 2. The first-order chi connectivity index (χ1) is 11.7. The maximum absolute atomic E-state index is 12.5. The Hall–Kier alpha value is -1.47. The number of carbonyl (C=O) groups excluding carboxylic acids is 1. The van der Waals surface area contributed by atoms with E-state index in [9.17, 15) is 18.0 Å². The molecule has 0 heterocycles. The van der Waals surface area contributed by atoms with Crippen LogP contribution in [0.25, 0.3) is 0 Å². The van der Waals surface area contributed by atoms with Gasteiger partial charge in [-0.05, 0) is 49.7 Å². The fraction of sp³-hybridized carbons (Fsp3) is 0.611. The summed E-state index contributed by atoms with van der Waals surface area (Å²) in [4.78, 5) is 12.5. The highest BCUT2D eigenvalue weighted by Crippen LogP contribution is 2.47. The van der Waals surface area contributed by atoms with E-state index in [0.717, 1.165) is 24.8 Å². The van der Waals surface area contributed by atoms with E-state index >= 15 is 0 Å². The lowest BCUT2D eigenvalue weighted by atomic mass is 9.84. The summed E-state index contributed by atoms with van der Waals surface area (Å²) in [5, 5.41) is 2.83. The van der Waals surface area contributed by atoms with Crippen molar-refractivity contribution in [2.45, 2.75) is 44.9 Å². The largest absolute Gasteiger partial charge is 0.484 e. The predicted octanol–water partition coefficient (Wildman–Crippen LogP) is 3.35. The highest BCUT2D eigenvalue weighted by atomic mass is 35.5. The first-order valence-corrected chi connectivity index (χ1v) is 8.57. The summed E-state index contributed by atoms with van der Waals surface area (Å²) in [6.07, 6.45) is -1.28. The molecular weight excluding hydrogens is 369 g/mol. The minimum Gasteiger partial charge on any atom is -0.484 e. The van der Waals surface area contributed by atoms with Gasteiger partial charge in [-0.25, -0.2) is 0 Å². The third kappa shape index (κ3) is 4.62. The minimum absolute atomic E-state index is 0. The molecule has 0 saturated heterocycles. The number of hydrogen-bond acceptors (Lipinski definition) is 3. The van der Waals surface area contributed by atoms with Crippen molar-refractivity contribution in [3.05, 3.63) is 29.3 Å². The van der Waals surface area contributed by atoms with Gasteiger partial charge in [0, 0.05) is 18.2 Å². The molecule has 0 spiro atoms. The Morgan fingerprint density at radius 2 is 2.00 bits per heavy atom. The van der Waals surface area contributed by atoms with E-state index in [-0.39, 0.29) is 42.6 Å². The van der Waals surface area contributed by atoms with E-state index < -0.39 is 12.8 Å². The zero-order chi connectivity index (χ0) is 18.2. The molecule has 0 aliphatic heterocycles. The molecule has 4 unspecified atom stereocenters. The van der Waals surface area contributed by atoms with Gasteiger partial charge in [-0.1, -0.05) is 12.1 Å². The Bertz CT molecular complexity index is 652. The van der Waals surface area contributed by atoms with E-state index in [2.05, 4.69) is 5.32 Å². The average molecular weight is 393 g/mol. The molecule has 4 nitrogen and oxygen atoms in total. The van der Waals surface area contributed by atoms with Crippen molar-refractivity contribution in [3.8, 4) is 5.75 Å². The number of amides is 1. The number of nitrogens with two attached hydrogens (primary N) is 1. The number of benzene rings is 1. The van der Waals surface area contributed by atoms with Gasteiger partial charge in [-0.15, -0.1) is 12.4 Å². The molecule has 8 heteroatoms. The van der Waals surface area contributed by atoms with Crippen molar-refractivity contribution in [2.75, 3.05) is 6.61 Å². The smallest absolute Gasteiger partial charge is 0.422 e. The fourth-order valence-electron chi connectivity index (χ4n) is 4.13. The van der Waals surface area contributed by atoms with Gasteiger partial charge in [0.15, 0.2) is 6.61 Å². The molecule has 3 N–H and O–H groups in total. The number of carbonyl (C=O) groups is 1. The van der Waals surface area contributed by atoms with Gasteiger partial charge >= 0.3 is 6.18 Å². The van der Waals surface area contributed by atoms with Crippen LogP contribution in [0, 0.1) is 24.7 Å². The summed E-state index contributed by atoms with van der Waals surface area (Å²) >= 11 is 0. The normalized spacial score (nSPS) is 27.1. The van der Waals surface area contributed by atoms with Gasteiger partial charge in [-0.2, -0.15) is 13.2 Å². The van der Waals surface area contributed by atoms with E-state index in [4.69, 9.17) is 10.5 Å². The molecule has 2 fully saturated rings. The number of aryl methyl sites for hydroxylation is 1. The van der Waals surface area contributed by atoms with Gasteiger partial charge in [0.1, 0.15) is 5.75 Å². The van der Waals surface area contributed by atoms with Crippen LogP contribution in [0.2, 0.25) is 0 Å². The molecule has 3 rings (SSSR count). The standard InChI is InChI=1S/C18H23F3N2O2.ClH/c1-10-2-3-13(14(6-10)25-9-18(19,20)21)8-23-17(24)15-11-4-5-12(7-11)16(15)22;/h2-3,6,11-12,15-16H,4-5,7-9,22H2,1H3,(H,23,24);1H. The quantitative estimate of drug-likeness (QED) is 0.807. The van der Waals surface area contributed by atoms with Crippen LogP contribution in [0.15, 0.2) is 18.2 Å². The Morgan fingerprint density at radius 3 is 2.62 bits per heavy atom. The van der Waals surface area contributed by atoms with Crippen molar-refractivity contribution < 1.29 is 22.7 Å². The van der Waals surface area contributed by atoms with Gasteiger partial charge < -0.3 is 15.8 Å². The van der Waals surface area contributed by atoms with Crippen LogP contribution in [0.5, 0.6) is 5.75 Å². The van der Waals surface area contributed by atoms with Gasteiger partial charge in [0.25, 0.3) is 0 Å². The molecule has 2 aliphatic carbocycles. The monoisotopic (exact) mass is 392 g/mol. The predicted molar refractivity (Wildman–Crippen MR) is 94.1 cm³/mol. The molecule has 1 aromatic rings. The van der Waals surface area contributed by atoms with Crippen LogP contribution in [0.1, 0.15) is 30.4 Å². The Kier molecular flexibility index (Phi) is 6.45. The van der Waals surface area contributed by atoms with Crippen LogP contribution >= 0.6 is 12.4 Å². The van der Waals surface area contributed by atoms with Crippen molar-refractivity contribution >= 4 is 18.3 Å². The number of halogens is 4. The van der Waals surface area contributed by atoms with Crippen LogP contribution < -0.4 is 15.8 Å². The molecule has 2 saturated carbocycles. The second-order valence-electron chi connectivity index (χ2n) is 7.17. The maximum atomic E-state index is 12.5. The summed E-state index contributed by atoms with van der Waals surface area (Å²) in [6.45, 7) is 0.554. The lowest BCUT2D eigenvalue weighted by molar-refractivity contribution is -0.153. The Labute approximate surface area is 157 Å². The molecule has 146 valence electrons. The SMILES string of the molecule is Cc1ccc(CNC(=O)C2C3CCC(C3)C2N)c(OCC(F)(F)F)c1.Cl. The lowest BCUT2D eigenvalue weighted by Gasteiger charge is -2.27. The van der Waals surface area contributed by atoms with Crippen LogP contribution in [0.4, 0.5) is 13.2 Å². The molecule has 4 atom stereocenters. The minimum atomic E-state index is -4.40. The lowest BCUT2D eigenvalue weighted by Crippen LogP contribution is -2.45. The van der Waals surface area contributed by atoms with Crippen LogP contribution in [0.3, 0.4) is 0 Å². The summed E-state index contributed by atoms with van der Waals surface area (Å²) in [5.41, 5.74) is 7.49. The van der Waals surface area contributed by atoms with Gasteiger partial charge in [-0.3, -0.25) is 4.79 Å². The van der Waals surface area contributed by atoms with Crippen molar-refractivity contribution in [1.82, 2.24) is 5.32 Å². The maximum Gasteiger partial charge on any atom is 0.422 e. The van der Waals surface area contributed by atoms with E-state index in [1.165, 1.54) is 0 Å². The highest BCUT2D eigenvalue weighted by molar-refractivity contribution is 5.85. The summed E-state index contributed by atoms with van der Waals surface area (Å²) in [7, 11) is 0. The molecule has 1 aromatic carbocycles. The van der Waals surface area contributed by atoms with E-state index in [0.29, 0.717) is 17.4 Å². The van der Waals surface area contributed by atoms with Crippen molar-refractivity contribution in [2.24, 2.45) is 23.5 Å². The Balaban J connectivity index is 0.00000243. The molecule has 2 bridgehead atoms. The average Bonchev–Trinajstić information content (AvgIpc) is 3.12. The molecule has 0 radical (unpaired) electrons. The van der Waals surface area contributed by atoms with Gasteiger partial charge in [0.2, 0.25) is 5.91 Å². The van der Waals surface area contributed by atoms with Crippen molar-refractivity contribution in [3.63, 3.8) is 0 Å². The second-order valence-corrected chi connectivity index (χ2v) is 7.17. The summed E-state index contributed by atoms with van der Waals surface area (Å²) < 4.78 is 42.1. The number of ether oxygens (including phenoxy) is 1. The third-order valence-electron chi connectivity index (χ3n) is 5.35. The first kappa shape index (κ1) is 20.8. The molecule has 26 heavy (non-hydrogen) atoms. The Morgan fingerprint density at radius 1 is 1.31 bits per heavy atom. The topological polar surface area (TPSA) is 64.4 Å². The number of alkyl halides is 3. The van der Waals surface area contributed by atoms with Crippen LogP contribution in [-0.4, -0.2) is 24.7 Å². The summed E-state index contributed by atoms with van der Waals surface area (Å²) in [6, 6.07) is 4.90. The van der Waals surface area contributed by atoms with Gasteiger partial charge in [0.05, 0.1) is 5.92 Å². The zero-order valence-corrected chi connectivity index (χ0v) is 15.3. The summed E-state index contributed by atoms with van der Waals surface area (Å²) in [5.74, 6) is 0.602. The molecule has 1 amide bonds. The second kappa shape index (κ2) is 8.05. The first-order valence-electron chi connectivity index (χ1n) is 8.57. The molecular formula is C18H24ClF3N2O2. The number of nitrogens with one attached hydrogen (secondary N) is 1. The van der Waals surface area contributed by atoms with E-state index in [1.54, 1.807) is 25.1 Å². The third-order valence-corrected chi connectivity index (χ3v) is 5.35. The number of hydrogen-bond donors (Lipinski definition) is 2.